The number of rotatable bonds is 4. The molecule has 1 heterocycles. The van der Waals surface area contributed by atoms with Crippen LogP contribution >= 0.6 is 0 Å². The van der Waals surface area contributed by atoms with Crippen LogP contribution in [0.15, 0.2) is 41.8 Å². The normalized spacial score (nSPS) is 16.0. The van der Waals surface area contributed by atoms with Crippen molar-refractivity contribution in [3.05, 3.63) is 42.5 Å². The van der Waals surface area contributed by atoms with Crippen molar-refractivity contribution in [1.82, 2.24) is 9.62 Å². The molecule has 1 fully saturated rings. The second-order valence-corrected chi connectivity index (χ2v) is 7.85. The Balaban J connectivity index is 0.00000134. The number of hydrogen-bond acceptors (Lipinski definition) is 3. The van der Waals surface area contributed by atoms with Gasteiger partial charge in [0.25, 0.3) is 0 Å². The molecule has 1 aliphatic heterocycles. The van der Waals surface area contributed by atoms with E-state index in [0.29, 0.717) is 30.8 Å². The van der Waals surface area contributed by atoms with Crippen LogP contribution in [-0.4, -0.2) is 37.8 Å². The van der Waals surface area contributed by atoms with Gasteiger partial charge in [0.2, 0.25) is 15.9 Å². The topological polar surface area (TPSA) is 66.5 Å². The van der Waals surface area contributed by atoms with Crippen molar-refractivity contribution in [1.29, 1.82) is 0 Å². The van der Waals surface area contributed by atoms with Crippen molar-refractivity contribution in [3.63, 3.8) is 0 Å². The van der Waals surface area contributed by atoms with E-state index in [4.69, 9.17) is 0 Å². The van der Waals surface area contributed by atoms with Crippen LogP contribution in [0, 0.1) is 6.92 Å². The number of benzene rings is 1. The van der Waals surface area contributed by atoms with Gasteiger partial charge in [0.1, 0.15) is 0 Å². The van der Waals surface area contributed by atoms with Gasteiger partial charge in [-0.15, -0.1) is 0 Å². The van der Waals surface area contributed by atoms with E-state index in [1.54, 1.807) is 18.2 Å². The number of nitrogens with one attached hydrogen (secondary N) is 1. The van der Waals surface area contributed by atoms with E-state index in [1.165, 1.54) is 16.8 Å². The molecule has 0 saturated carbocycles. The molecular formula is C18H30N2O3S. The lowest BCUT2D eigenvalue weighted by molar-refractivity contribution is -0.117. The molecular weight excluding hydrogens is 324 g/mol. The molecule has 1 aromatic carbocycles. The van der Waals surface area contributed by atoms with Gasteiger partial charge in [-0.05, 0) is 43.5 Å². The third kappa shape index (κ3) is 5.76. The molecule has 1 aromatic rings. The smallest absolute Gasteiger partial charge is 0.243 e. The minimum absolute atomic E-state index is 0. The number of nitrogens with zero attached hydrogens (tertiary/aromatic N) is 1. The number of sulfonamides is 1. The van der Waals surface area contributed by atoms with Crippen molar-refractivity contribution >= 4 is 15.9 Å². The van der Waals surface area contributed by atoms with Crippen LogP contribution in [0.1, 0.15) is 40.1 Å². The molecule has 0 atom stereocenters. The standard InChI is InChI=1S/C15H20N2O3S.C3H8.H2/c1-3-15(18)16-13-7-9-17(10-8-13)21(19,20)14-6-4-5-12(2)11-14;1-3-2;/h3-6,11,13H,1,7-10H2,2H3,(H,16,18);3H2,1-2H3;1H. The number of carbonyl (C=O) groups excluding carboxylic acids is 1. The van der Waals surface area contributed by atoms with Crippen molar-refractivity contribution < 1.29 is 14.6 Å². The summed E-state index contributed by atoms with van der Waals surface area (Å²) in [6.07, 6.45) is 3.71. The lowest BCUT2D eigenvalue weighted by Crippen LogP contribution is -2.46. The average Bonchev–Trinajstić information content (AvgIpc) is 2.56. The Hall–Kier alpha value is -1.66. The first kappa shape index (κ1) is 20.4. The first-order valence-electron chi connectivity index (χ1n) is 8.34. The van der Waals surface area contributed by atoms with Crippen LogP contribution in [0.3, 0.4) is 0 Å². The second kappa shape index (κ2) is 9.59. The summed E-state index contributed by atoms with van der Waals surface area (Å²) in [6.45, 7) is 10.4. The lowest BCUT2D eigenvalue weighted by atomic mass is 10.1. The summed E-state index contributed by atoms with van der Waals surface area (Å²) in [5.41, 5.74) is 0.921. The predicted molar refractivity (Wildman–Crippen MR) is 99.4 cm³/mol. The Kier molecular flexibility index (Phi) is 8.15. The van der Waals surface area contributed by atoms with Gasteiger partial charge in [0.05, 0.1) is 4.90 Å². The molecule has 2 rings (SSSR count). The highest BCUT2D eigenvalue weighted by molar-refractivity contribution is 7.89. The molecule has 0 spiro atoms. The molecule has 1 amide bonds. The SMILES string of the molecule is C=CC(=O)NC1CCN(S(=O)(=O)c2cccc(C)c2)CC1.CCC.[HH]. The first-order chi connectivity index (χ1) is 11.3. The molecule has 5 nitrogen and oxygen atoms in total. The van der Waals surface area contributed by atoms with Crippen molar-refractivity contribution in [2.24, 2.45) is 0 Å². The maximum absolute atomic E-state index is 12.5. The van der Waals surface area contributed by atoms with E-state index in [9.17, 15) is 13.2 Å². The Bertz CT molecular complexity index is 654. The van der Waals surface area contributed by atoms with E-state index in [-0.39, 0.29) is 13.4 Å². The molecule has 1 aliphatic rings. The Labute approximate surface area is 147 Å². The minimum Gasteiger partial charge on any atom is -0.350 e. The molecule has 136 valence electrons. The van der Waals surface area contributed by atoms with Gasteiger partial charge in [0, 0.05) is 20.6 Å². The number of aryl methyl sites for hydroxylation is 1. The first-order valence-corrected chi connectivity index (χ1v) is 9.78. The molecule has 6 heteroatoms. The highest BCUT2D eigenvalue weighted by Crippen LogP contribution is 2.21. The highest BCUT2D eigenvalue weighted by atomic mass is 32.2. The second-order valence-electron chi connectivity index (χ2n) is 5.91. The highest BCUT2D eigenvalue weighted by Gasteiger charge is 2.29. The van der Waals surface area contributed by atoms with Gasteiger partial charge in [0.15, 0.2) is 0 Å². The molecule has 1 N–H and O–H groups in total. The molecule has 0 bridgehead atoms. The van der Waals surface area contributed by atoms with Gasteiger partial charge in [-0.2, -0.15) is 4.31 Å². The maximum Gasteiger partial charge on any atom is 0.243 e. The van der Waals surface area contributed by atoms with E-state index in [0.717, 1.165) is 5.56 Å². The number of piperidine rings is 1. The van der Waals surface area contributed by atoms with Crippen LogP contribution in [0.5, 0.6) is 0 Å². The fraction of sp³-hybridized carbons (Fsp3) is 0.500. The number of hydrogen-bond donors (Lipinski definition) is 1. The Morgan fingerprint density at radius 3 is 2.46 bits per heavy atom. The minimum atomic E-state index is -3.44. The summed E-state index contributed by atoms with van der Waals surface area (Å²) in [4.78, 5) is 11.6. The van der Waals surface area contributed by atoms with Crippen molar-refractivity contribution in [3.8, 4) is 0 Å². The summed E-state index contributed by atoms with van der Waals surface area (Å²) in [5, 5.41) is 2.81. The number of amides is 1. The van der Waals surface area contributed by atoms with E-state index in [1.807, 2.05) is 13.0 Å². The van der Waals surface area contributed by atoms with Crippen LogP contribution in [0.4, 0.5) is 0 Å². The molecule has 0 unspecified atom stereocenters. The summed E-state index contributed by atoms with van der Waals surface area (Å²) in [5.74, 6) is -0.213. The third-order valence-electron chi connectivity index (χ3n) is 3.61. The molecule has 24 heavy (non-hydrogen) atoms. The average molecular weight is 355 g/mol. The third-order valence-corrected chi connectivity index (χ3v) is 5.51. The predicted octanol–water partition coefficient (Wildman–Crippen LogP) is 3.11. The van der Waals surface area contributed by atoms with Gasteiger partial charge in [-0.25, -0.2) is 8.42 Å². The largest absolute Gasteiger partial charge is 0.350 e. The Morgan fingerprint density at radius 1 is 1.38 bits per heavy atom. The van der Waals surface area contributed by atoms with Crippen LogP contribution < -0.4 is 5.32 Å². The summed E-state index contributed by atoms with van der Waals surface area (Å²) >= 11 is 0. The molecule has 0 radical (unpaired) electrons. The molecule has 0 aliphatic carbocycles. The van der Waals surface area contributed by atoms with E-state index < -0.39 is 10.0 Å². The monoisotopic (exact) mass is 354 g/mol. The molecule has 0 aromatic heterocycles. The number of carbonyl (C=O) groups is 1. The van der Waals surface area contributed by atoms with Gasteiger partial charge in [-0.3, -0.25) is 4.79 Å². The van der Waals surface area contributed by atoms with Crippen molar-refractivity contribution in [2.45, 2.75) is 51.0 Å². The molecule has 1 saturated heterocycles. The maximum atomic E-state index is 12.5. The summed E-state index contributed by atoms with van der Waals surface area (Å²) in [6, 6.07) is 6.93. The quantitative estimate of drug-likeness (QED) is 0.845. The zero-order valence-corrected chi connectivity index (χ0v) is 15.6. The van der Waals surface area contributed by atoms with Gasteiger partial charge < -0.3 is 5.32 Å². The van der Waals surface area contributed by atoms with E-state index in [2.05, 4.69) is 25.7 Å². The lowest BCUT2D eigenvalue weighted by Gasteiger charge is -2.31. The van der Waals surface area contributed by atoms with E-state index >= 15 is 0 Å². The van der Waals surface area contributed by atoms with Crippen LogP contribution in [0.2, 0.25) is 0 Å². The summed E-state index contributed by atoms with van der Waals surface area (Å²) < 4.78 is 26.6. The van der Waals surface area contributed by atoms with Gasteiger partial charge >= 0.3 is 0 Å². The zero-order valence-electron chi connectivity index (χ0n) is 14.8. The fourth-order valence-electron chi connectivity index (χ4n) is 2.43. The summed E-state index contributed by atoms with van der Waals surface area (Å²) in [7, 11) is -3.44. The fourth-order valence-corrected chi connectivity index (χ4v) is 4.00. The van der Waals surface area contributed by atoms with Crippen LogP contribution in [0.25, 0.3) is 0 Å². The Morgan fingerprint density at radius 2 is 1.96 bits per heavy atom. The zero-order chi connectivity index (χ0) is 18.2. The van der Waals surface area contributed by atoms with Crippen LogP contribution in [-0.2, 0) is 14.8 Å². The van der Waals surface area contributed by atoms with Crippen molar-refractivity contribution in [2.75, 3.05) is 13.1 Å². The van der Waals surface area contributed by atoms with Gasteiger partial charge in [-0.1, -0.05) is 39.0 Å².